The lowest BCUT2D eigenvalue weighted by Crippen LogP contribution is -2.43. The number of esters is 1. The van der Waals surface area contributed by atoms with Crippen LogP contribution in [0, 0.1) is 11.5 Å². The Morgan fingerprint density at radius 2 is 2.13 bits per heavy atom. The van der Waals surface area contributed by atoms with Crippen LogP contribution in [0.25, 0.3) is 0 Å². The van der Waals surface area contributed by atoms with Gasteiger partial charge < -0.3 is 9.64 Å². The zero-order chi connectivity index (χ0) is 17.0. The van der Waals surface area contributed by atoms with Gasteiger partial charge in [0.15, 0.2) is 6.19 Å². The highest BCUT2D eigenvalue weighted by Gasteiger charge is 2.34. The van der Waals surface area contributed by atoms with Crippen molar-refractivity contribution >= 4 is 23.5 Å². The molecule has 2 rings (SSSR count). The van der Waals surface area contributed by atoms with Crippen molar-refractivity contribution in [1.29, 1.82) is 5.26 Å². The van der Waals surface area contributed by atoms with Crippen LogP contribution < -0.4 is 5.32 Å². The monoisotopic (exact) mass is 332 g/mol. The van der Waals surface area contributed by atoms with Crippen LogP contribution in [-0.2, 0) is 9.53 Å². The third kappa shape index (κ3) is 3.46. The first-order valence-corrected chi connectivity index (χ1v) is 7.47. The molecule has 0 saturated carbocycles. The van der Waals surface area contributed by atoms with Gasteiger partial charge in [-0.05, 0) is 31.5 Å². The van der Waals surface area contributed by atoms with Crippen LogP contribution in [0.15, 0.2) is 40.5 Å². The normalized spacial score (nSPS) is 17.4. The Labute approximate surface area is 140 Å². The fourth-order valence-electron chi connectivity index (χ4n) is 2.48. The van der Waals surface area contributed by atoms with Gasteiger partial charge >= 0.3 is 5.97 Å². The molecule has 0 spiro atoms. The summed E-state index contributed by atoms with van der Waals surface area (Å²) in [6, 6.07) is 6.77. The van der Waals surface area contributed by atoms with Crippen molar-refractivity contribution in [3.63, 3.8) is 0 Å². The van der Waals surface area contributed by atoms with Gasteiger partial charge in [0.1, 0.15) is 0 Å². The van der Waals surface area contributed by atoms with E-state index in [1.54, 1.807) is 37.9 Å². The second-order valence-corrected chi connectivity index (χ2v) is 5.39. The molecule has 6 nitrogen and oxygen atoms in total. The molecule has 1 aliphatic heterocycles. The molecule has 0 bridgehead atoms. The van der Waals surface area contributed by atoms with Crippen molar-refractivity contribution < 1.29 is 9.53 Å². The van der Waals surface area contributed by atoms with Gasteiger partial charge in [-0.25, -0.2) is 9.79 Å². The molecule has 1 heterocycles. The molecule has 0 radical (unpaired) electrons. The number of hydrogen-bond acceptors (Lipinski definition) is 6. The fourth-order valence-corrected chi connectivity index (χ4v) is 2.61. The predicted molar refractivity (Wildman–Crippen MR) is 87.5 cm³/mol. The summed E-state index contributed by atoms with van der Waals surface area (Å²) in [5.74, 6) is -0.0467. The lowest BCUT2D eigenvalue weighted by atomic mass is 9.95. The van der Waals surface area contributed by atoms with Gasteiger partial charge in [0.2, 0.25) is 5.96 Å². The number of halogens is 1. The molecular formula is C16H17ClN4O2. The van der Waals surface area contributed by atoms with E-state index in [0.717, 1.165) is 5.56 Å². The molecule has 0 unspecified atom stereocenters. The van der Waals surface area contributed by atoms with Crippen LogP contribution in [0.4, 0.5) is 0 Å². The van der Waals surface area contributed by atoms with Gasteiger partial charge in [0, 0.05) is 12.1 Å². The average molecular weight is 333 g/mol. The minimum Gasteiger partial charge on any atom is -0.463 e. The van der Waals surface area contributed by atoms with Crippen molar-refractivity contribution in [1.82, 2.24) is 10.2 Å². The van der Waals surface area contributed by atoms with E-state index in [-0.39, 0.29) is 6.61 Å². The molecular weight excluding hydrogens is 316 g/mol. The third-order valence-electron chi connectivity index (χ3n) is 3.51. The molecule has 1 aromatic rings. The third-order valence-corrected chi connectivity index (χ3v) is 3.76. The zero-order valence-electron chi connectivity index (χ0n) is 13.1. The Hall–Kier alpha value is -2.52. The Morgan fingerprint density at radius 1 is 1.48 bits per heavy atom. The molecule has 1 atom stereocenters. The summed E-state index contributed by atoms with van der Waals surface area (Å²) in [6.45, 7) is 3.75. The molecule has 0 saturated heterocycles. The summed E-state index contributed by atoms with van der Waals surface area (Å²) in [6.07, 6.45) is 1.86. The van der Waals surface area contributed by atoms with Crippen molar-refractivity contribution in [2.45, 2.75) is 19.9 Å². The minimum atomic E-state index is -0.420. The van der Waals surface area contributed by atoms with E-state index in [1.807, 2.05) is 18.3 Å². The number of nitrogens with one attached hydrogen (secondary N) is 1. The largest absolute Gasteiger partial charge is 0.463 e. The molecule has 1 aromatic carbocycles. The highest BCUT2D eigenvalue weighted by atomic mass is 35.5. The van der Waals surface area contributed by atoms with Gasteiger partial charge in [-0.15, -0.1) is 0 Å². The van der Waals surface area contributed by atoms with Gasteiger partial charge in [-0.3, -0.25) is 5.32 Å². The van der Waals surface area contributed by atoms with Gasteiger partial charge in [0.25, 0.3) is 0 Å². The maximum atomic E-state index is 12.4. The maximum Gasteiger partial charge on any atom is 0.338 e. The lowest BCUT2D eigenvalue weighted by Gasteiger charge is -2.35. The summed E-state index contributed by atoms with van der Waals surface area (Å²) in [5.41, 5.74) is 1.81. The molecule has 1 aliphatic rings. The van der Waals surface area contributed by atoms with Crippen molar-refractivity contribution in [3.8, 4) is 6.19 Å². The van der Waals surface area contributed by atoms with Crippen LogP contribution in [0.1, 0.15) is 25.5 Å². The molecule has 0 aromatic heterocycles. The standard InChI is InChI=1S/C16H17ClN4O2/c1-4-23-15(22)13-10(2)20-16(19-9-18)21(3)14(13)11-5-7-12(17)8-6-11/h5-8,14H,4H2,1-3H3,(H,19,20)/t14-/m0/s1. The van der Waals surface area contributed by atoms with E-state index in [4.69, 9.17) is 21.6 Å². The summed E-state index contributed by atoms with van der Waals surface area (Å²) in [4.78, 5) is 18.4. The number of nitriles is 1. The molecule has 120 valence electrons. The second-order valence-electron chi connectivity index (χ2n) is 4.96. The second kappa shape index (κ2) is 7.16. The topological polar surface area (TPSA) is 77.7 Å². The van der Waals surface area contributed by atoms with E-state index in [0.29, 0.717) is 22.3 Å². The SMILES string of the molecule is CCOC(=O)C1=C(C)N=C(NC#N)N(C)[C@H]1c1ccc(Cl)cc1. The smallest absolute Gasteiger partial charge is 0.338 e. The van der Waals surface area contributed by atoms with Crippen LogP contribution >= 0.6 is 11.6 Å². The first-order valence-electron chi connectivity index (χ1n) is 7.09. The van der Waals surface area contributed by atoms with E-state index in [1.165, 1.54) is 0 Å². The van der Waals surface area contributed by atoms with Gasteiger partial charge in [-0.1, -0.05) is 23.7 Å². The van der Waals surface area contributed by atoms with Crippen LogP contribution in [0.3, 0.4) is 0 Å². The van der Waals surface area contributed by atoms with Crippen LogP contribution in [0.2, 0.25) is 5.02 Å². The number of likely N-dealkylation sites (N-methyl/N-ethyl adjacent to an activating group) is 1. The van der Waals surface area contributed by atoms with E-state index >= 15 is 0 Å². The Bertz CT molecular complexity index is 704. The molecule has 1 N–H and O–H groups in total. The number of ether oxygens (including phenoxy) is 1. The van der Waals surface area contributed by atoms with Crippen molar-refractivity contribution in [2.75, 3.05) is 13.7 Å². The summed E-state index contributed by atoms with van der Waals surface area (Å²) >= 11 is 5.95. The number of allylic oxidation sites excluding steroid dienone is 1. The van der Waals surface area contributed by atoms with E-state index in [2.05, 4.69) is 10.3 Å². The number of benzene rings is 1. The summed E-state index contributed by atoms with van der Waals surface area (Å²) in [5, 5.41) is 12.0. The minimum absolute atomic E-state index is 0.277. The number of nitrogens with zero attached hydrogens (tertiary/aromatic N) is 3. The predicted octanol–water partition coefficient (Wildman–Crippen LogP) is 2.59. The first kappa shape index (κ1) is 16.8. The molecule has 0 aliphatic carbocycles. The van der Waals surface area contributed by atoms with Crippen LogP contribution in [-0.4, -0.2) is 30.5 Å². The molecule has 23 heavy (non-hydrogen) atoms. The number of aliphatic imine (C=N–C) groups is 1. The number of rotatable bonds is 3. The summed E-state index contributed by atoms with van der Waals surface area (Å²) in [7, 11) is 1.76. The molecule has 7 heteroatoms. The Morgan fingerprint density at radius 3 is 2.70 bits per heavy atom. The highest BCUT2D eigenvalue weighted by Crippen LogP contribution is 2.34. The van der Waals surface area contributed by atoms with E-state index < -0.39 is 12.0 Å². The highest BCUT2D eigenvalue weighted by molar-refractivity contribution is 6.30. The number of carbonyl (C=O) groups excluding carboxylic acids is 1. The van der Waals surface area contributed by atoms with Crippen molar-refractivity contribution in [3.05, 3.63) is 46.1 Å². The summed E-state index contributed by atoms with van der Waals surface area (Å²) < 4.78 is 5.17. The maximum absolute atomic E-state index is 12.4. The Kier molecular flexibility index (Phi) is 5.24. The first-order chi connectivity index (χ1) is 11.0. The van der Waals surface area contributed by atoms with Crippen molar-refractivity contribution in [2.24, 2.45) is 4.99 Å². The van der Waals surface area contributed by atoms with Gasteiger partial charge in [0.05, 0.1) is 23.9 Å². The lowest BCUT2D eigenvalue weighted by molar-refractivity contribution is -0.139. The molecule has 0 fully saturated rings. The fraction of sp³-hybridized carbons (Fsp3) is 0.312. The zero-order valence-corrected chi connectivity index (χ0v) is 13.9. The Balaban J connectivity index is 2.54. The number of hydrogen-bond donors (Lipinski definition) is 1. The average Bonchev–Trinajstić information content (AvgIpc) is 2.51. The quantitative estimate of drug-likeness (QED) is 0.523. The van der Waals surface area contributed by atoms with E-state index in [9.17, 15) is 4.79 Å². The number of guanidine groups is 1. The molecule has 0 amide bonds. The van der Waals surface area contributed by atoms with Crippen LogP contribution in [0.5, 0.6) is 0 Å². The van der Waals surface area contributed by atoms with Gasteiger partial charge in [-0.2, -0.15) is 5.26 Å². The number of carbonyl (C=O) groups is 1.